The number of benzene rings is 2. The average molecular weight is 368 g/mol. The lowest BCUT2D eigenvalue weighted by atomic mass is 10.1. The van der Waals surface area contributed by atoms with Crippen molar-refractivity contribution in [3.8, 4) is 11.5 Å². The maximum absolute atomic E-state index is 12.2. The number of carbonyl (C=O) groups excluding carboxylic acids is 2. The van der Waals surface area contributed by atoms with Crippen LogP contribution < -0.4 is 20.1 Å². The summed E-state index contributed by atoms with van der Waals surface area (Å²) in [5, 5.41) is 5.57. The molecule has 0 bridgehead atoms. The van der Waals surface area contributed by atoms with Crippen LogP contribution in [0.3, 0.4) is 0 Å². The number of methoxy groups -OCH3 is 2. The molecule has 0 aliphatic heterocycles. The second-order valence-corrected chi connectivity index (χ2v) is 6.15. The quantitative estimate of drug-likeness (QED) is 0.726. The van der Waals surface area contributed by atoms with E-state index in [1.165, 1.54) is 6.08 Å². The molecule has 0 fully saturated rings. The van der Waals surface area contributed by atoms with Crippen LogP contribution >= 0.6 is 0 Å². The average Bonchev–Trinajstić information content (AvgIpc) is 2.67. The zero-order valence-corrected chi connectivity index (χ0v) is 15.9. The molecule has 2 amide bonds. The number of hydrogen-bond acceptors (Lipinski definition) is 4. The van der Waals surface area contributed by atoms with Crippen molar-refractivity contribution in [3.63, 3.8) is 0 Å². The Morgan fingerprint density at radius 3 is 2.11 bits per heavy atom. The second kappa shape index (κ2) is 9.43. The summed E-state index contributed by atoms with van der Waals surface area (Å²) >= 11 is 0. The van der Waals surface area contributed by atoms with Crippen molar-refractivity contribution < 1.29 is 19.1 Å². The van der Waals surface area contributed by atoms with E-state index in [4.69, 9.17) is 9.47 Å². The third kappa shape index (κ3) is 5.88. The van der Waals surface area contributed by atoms with Crippen molar-refractivity contribution in [2.45, 2.75) is 13.8 Å². The van der Waals surface area contributed by atoms with Gasteiger partial charge in [0.25, 0.3) is 0 Å². The molecule has 0 saturated carbocycles. The van der Waals surface area contributed by atoms with Gasteiger partial charge < -0.3 is 20.1 Å². The maximum atomic E-state index is 12.2. The van der Waals surface area contributed by atoms with Gasteiger partial charge in [0, 0.05) is 28.9 Å². The molecule has 0 unspecified atom stereocenters. The van der Waals surface area contributed by atoms with Crippen LogP contribution in [-0.2, 0) is 9.59 Å². The molecule has 2 aromatic rings. The predicted octanol–water partition coefficient (Wildman–Crippen LogP) is 3.95. The fourth-order valence-electron chi connectivity index (χ4n) is 2.24. The van der Waals surface area contributed by atoms with Crippen molar-refractivity contribution in [1.29, 1.82) is 0 Å². The highest BCUT2D eigenvalue weighted by Crippen LogP contribution is 2.25. The van der Waals surface area contributed by atoms with Crippen LogP contribution in [0.5, 0.6) is 11.5 Å². The highest BCUT2D eigenvalue weighted by atomic mass is 16.5. The molecule has 0 saturated heterocycles. The molecule has 27 heavy (non-hydrogen) atoms. The number of nitrogens with one attached hydrogen (secondary N) is 2. The van der Waals surface area contributed by atoms with Gasteiger partial charge in [-0.3, -0.25) is 9.59 Å². The van der Waals surface area contributed by atoms with Gasteiger partial charge in [0.2, 0.25) is 11.8 Å². The van der Waals surface area contributed by atoms with Gasteiger partial charge in [0.1, 0.15) is 11.5 Å². The first-order valence-corrected chi connectivity index (χ1v) is 8.55. The van der Waals surface area contributed by atoms with E-state index in [0.29, 0.717) is 22.9 Å². The fraction of sp³-hybridized carbons (Fsp3) is 0.238. The third-order valence-electron chi connectivity index (χ3n) is 3.80. The first kappa shape index (κ1) is 20.0. The van der Waals surface area contributed by atoms with Crippen molar-refractivity contribution in [2.75, 3.05) is 24.9 Å². The zero-order valence-electron chi connectivity index (χ0n) is 15.9. The zero-order chi connectivity index (χ0) is 19.8. The second-order valence-electron chi connectivity index (χ2n) is 6.15. The topological polar surface area (TPSA) is 76.7 Å². The molecule has 0 spiro atoms. The fourth-order valence-corrected chi connectivity index (χ4v) is 2.24. The molecule has 0 atom stereocenters. The Morgan fingerprint density at radius 2 is 1.56 bits per heavy atom. The van der Waals surface area contributed by atoms with Gasteiger partial charge in [0.15, 0.2) is 0 Å². The van der Waals surface area contributed by atoms with Gasteiger partial charge in [-0.2, -0.15) is 0 Å². The van der Waals surface area contributed by atoms with E-state index in [0.717, 1.165) is 5.56 Å². The highest BCUT2D eigenvalue weighted by Gasteiger charge is 2.07. The van der Waals surface area contributed by atoms with Crippen LogP contribution in [0.1, 0.15) is 19.4 Å². The molecule has 6 heteroatoms. The van der Waals surface area contributed by atoms with Crippen molar-refractivity contribution in [1.82, 2.24) is 0 Å². The lowest BCUT2D eigenvalue weighted by molar-refractivity contribution is -0.119. The van der Waals surface area contributed by atoms with Gasteiger partial charge in [-0.05, 0) is 48.5 Å². The number of rotatable bonds is 7. The lowest BCUT2D eigenvalue weighted by Crippen LogP contribution is -2.17. The molecule has 0 radical (unpaired) electrons. The van der Waals surface area contributed by atoms with Gasteiger partial charge in [-0.15, -0.1) is 0 Å². The van der Waals surface area contributed by atoms with Crippen LogP contribution in [0.25, 0.3) is 6.08 Å². The molecule has 0 aliphatic rings. The van der Waals surface area contributed by atoms with Crippen LogP contribution in [0.2, 0.25) is 0 Å². The lowest BCUT2D eigenvalue weighted by Gasteiger charge is -2.09. The van der Waals surface area contributed by atoms with E-state index in [1.807, 2.05) is 13.8 Å². The van der Waals surface area contributed by atoms with E-state index in [9.17, 15) is 9.59 Å². The summed E-state index contributed by atoms with van der Waals surface area (Å²) < 4.78 is 10.5. The van der Waals surface area contributed by atoms with E-state index in [-0.39, 0.29) is 17.7 Å². The molecule has 0 heterocycles. The van der Waals surface area contributed by atoms with Gasteiger partial charge in [0.05, 0.1) is 14.2 Å². The molecular formula is C21H24N2O4. The monoisotopic (exact) mass is 368 g/mol. The van der Waals surface area contributed by atoms with Crippen LogP contribution in [0, 0.1) is 5.92 Å². The first-order valence-electron chi connectivity index (χ1n) is 8.55. The molecule has 2 aromatic carbocycles. The Hall–Kier alpha value is -3.28. The number of amides is 2. The predicted molar refractivity (Wildman–Crippen MR) is 107 cm³/mol. The van der Waals surface area contributed by atoms with Gasteiger partial charge in [-0.1, -0.05) is 13.8 Å². The largest absolute Gasteiger partial charge is 0.497 e. The van der Waals surface area contributed by atoms with Gasteiger partial charge in [-0.25, -0.2) is 0 Å². The first-order chi connectivity index (χ1) is 12.9. The number of carbonyl (C=O) groups is 2. The highest BCUT2D eigenvalue weighted by molar-refractivity contribution is 6.02. The number of anilines is 2. The molecule has 6 nitrogen and oxygen atoms in total. The summed E-state index contributed by atoms with van der Waals surface area (Å²) in [5.41, 5.74) is 2.05. The van der Waals surface area contributed by atoms with E-state index >= 15 is 0 Å². The molecule has 142 valence electrons. The normalized spacial score (nSPS) is 10.7. The third-order valence-corrected chi connectivity index (χ3v) is 3.80. The Kier molecular flexibility index (Phi) is 7.00. The van der Waals surface area contributed by atoms with E-state index < -0.39 is 0 Å². The van der Waals surface area contributed by atoms with Crippen molar-refractivity contribution >= 4 is 29.3 Å². The van der Waals surface area contributed by atoms with E-state index in [2.05, 4.69) is 10.6 Å². The van der Waals surface area contributed by atoms with Crippen LogP contribution in [0.15, 0.2) is 48.5 Å². The minimum Gasteiger partial charge on any atom is -0.497 e. The Balaban J connectivity index is 2.01. The Bertz CT molecular complexity index is 827. The standard InChI is InChI=1S/C21H24N2O4/c1-14(2)21(25)23-17-8-6-16(7-9-17)22-20(24)12-5-15-13-18(26-3)10-11-19(15)27-4/h5-14H,1-4H3,(H,22,24)(H,23,25)/b12-5+. The maximum Gasteiger partial charge on any atom is 0.248 e. The summed E-state index contributed by atoms with van der Waals surface area (Å²) in [6.45, 7) is 3.65. The Labute approximate surface area is 159 Å². The number of hydrogen-bond donors (Lipinski definition) is 2. The molecule has 2 rings (SSSR count). The molecule has 0 aliphatic carbocycles. The summed E-state index contributed by atoms with van der Waals surface area (Å²) in [6, 6.07) is 12.3. The van der Waals surface area contributed by atoms with Crippen LogP contribution in [-0.4, -0.2) is 26.0 Å². The summed E-state index contributed by atoms with van der Waals surface area (Å²) in [7, 11) is 3.15. The summed E-state index contributed by atoms with van der Waals surface area (Å²) in [4.78, 5) is 23.8. The Morgan fingerprint density at radius 1 is 0.926 bits per heavy atom. The summed E-state index contributed by atoms with van der Waals surface area (Å²) in [6.07, 6.45) is 3.08. The van der Waals surface area contributed by atoms with Gasteiger partial charge >= 0.3 is 0 Å². The minimum absolute atomic E-state index is 0.0537. The number of ether oxygens (including phenoxy) is 2. The van der Waals surface area contributed by atoms with Crippen molar-refractivity contribution in [2.24, 2.45) is 5.92 Å². The van der Waals surface area contributed by atoms with Crippen LogP contribution in [0.4, 0.5) is 11.4 Å². The summed E-state index contributed by atoms with van der Waals surface area (Å²) in [5.74, 6) is 0.893. The smallest absolute Gasteiger partial charge is 0.248 e. The SMILES string of the molecule is COc1ccc(OC)c(/C=C/C(=O)Nc2ccc(NC(=O)C(C)C)cc2)c1. The van der Waals surface area contributed by atoms with E-state index in [1.54, 1.807) is 62.8 Å². The molecule has 0 aromatic heterocycles. The molecular weight excluding hydrogens is 344 g/mol. The van der Waals surface area contributed by atoms with Crippen molar-refractivity contribution in [3.05, 3.63) is 54.1 Å². The molecule has 2 N–H and O–H groups in total. The minimum atomic E-state index is -0.279.